The van der Waals surface area contributed by atoms with Crippen molar-refractivity contribution in [3.63, 3.8) is 0 Å². The van der Waals surface area contributed by atoms with Crippen LogP contribution in [0.15, 0.2) is 48.8 Å². The molecule has 4 N–H and O–H groups in total. The normalized spacial score (nSPS) is 9.19. The number of hydrogen-bond donors (Lipinski definition) is 4. The highest BCUT2D eigenvalue weighted by atomic mass is 16.4. The van der Waals surface area contributed by atoms with Crippen molar-refractivity contribution in [3.8, 4) is 0 Å². The van der Waals surface area contributed by atoms with Crippen molar-refractivity contribution < 1.29 is 29.4 Å². The van der Waals surface area contributed by atoms with Crippen LogP contribution < -0.4 is 10.6 Å². The maximum atomic E-state index is 10.5. The molecule has 0 fully saturated rings. The van der Waals surface area contributed by atoms with Gasteiger partial charge in [0.2, 0.25) is 11.8 Å². The molecule has 10 nitrogen and oxygen atoms in total. The lowest BCUT2D eigenvalue weighted by molar-refractivity contribution is -0.138. The van der Waals surface area contributed by atoms with Crippen LogP contribution in [0.25, 0.3) is 0 Å². The number of pyridine rings is 2. The van der Waals surface area contributed by atoms with Crippen molar-refractivity contribution in [1.29, 1.82) is 0 Å². The number of anilines is 2. The van der Waals surface area contributed by atoms with Gasteiger partial charge >= 0.3 is 11.9 Å². The molecular weight excluding hydrogens is 416 g/mol. The molecule has 0 spiro atoms. The fourth-order valence-corrected chi connectivity index (χ4v) is 2.14. The molecule has 0 aliphatic rings. The number of amides is 2. The summed E-state index contributed by atoms with van der Waals surface area (Å²) in [5, 5.41) is 21.6. The zero-order valence-electron chi connectivity index (χ0n) is 18.3. The Labute approximate surface area is 187 Å². The average Bonchev–Trinajstić information content (AvgIpc) is 2.72. The molecule has 0 aliphatic carbocycles. The van der Waals surface area contributed by atoms with Gasteiger partial charge < -0.3 is 20.8 Å². The topological polar surface area (TPSA) is 159 Å². The first kappa shape index (κ1) is 28.2. The maximum Gasteiger partial charge on any atom is 0.303 e. The Hall–Kier alpha value is -3.82. The first-order chi connectivity index (χ1) is 15.2. The Bertz CT molecular complexity index is 746. The first-order valence-corrected chi connectivity index (χ1v) is 10.0. The van der Waals surface area contributed by atoms with E-state index in [2.05, 4.69) is 20.6 Å². The number of aromatic nitrogens is 2. The number of carbonyl (C=O) groups excluding carboxylic acids is 2. The largest absolute Gasteiger partial charge is 0.481 e. The third-order valence-corrected chi connectivity index (χ3v) is 3.47. The third-order valence-electron chi connectivity index (χ3n) is 3.47. The van der Waals surface area contributed by atoms with E-state index in [1.807, 2.05) is 12.1 Å². The van der Waals surface area contributed by atoms with Crippen molar-refractivity contribution in [2.24, 2.45) is 0 Å². The van der Waals surface area contributed by atoms with Crippen LogP contribution in [0.1, 0.15) is 52.4 Å². The number of carboxylic acid groups (broad SMARTS) is 2. The van der Waals surface area contributed by atoms with E-state index < -0.39 is 11.9 Å². The van der Waals surface area contributed by atoms with E-state index in [4.69, 9.17) is 10.2 Å². The van der Waals surface area contributed by atoms with Crippen LogP contribution in [0, 0.1) is 0 Å². The zero-order chi connectivity index (χ0) is 24.2. The van der Waals surface area contributed by atoms with Gasteiger partial charge in [0.25, 0.3) is 0 Å². The van der Waals surface area contributed by atoms with E-state index in [0.717, 1.165) is 12.8 Å². The van der Waals surface area contributed by atoms with Gasteiger partial charge in [-0.05, 0) is 37.1 Å². The number of carboxylic acids is 2. The predicted octanol–water partition coefficient (Wildman–Crippen LogP) is 3.58. The van der Waals surface area contributed by atoms with Crippen LogP contribution in [-0.2, 0) is 19.2 Å². The second kappa shape index (κ2) is 18.0. The number of aliphatic carboxylic acids is 2. The van der Waals surface area contributed by atoms with Gasteiger partial charge in [-0.1, -0.05) is 25.0 Å². The smallest absolute Gasteiger partial charge is 0.303 e. The van der Waals surface area contributed by atoms with Crippen molar-refractivity contribution in [2.45, 2.75) is 52.4 Å². The van der Waals surface area contributed by atoms with Crippen molar-refractivity contribution in [2.75, 3.05) is 10.6 Å². The molecule has 174 valence electrons. The van der Waals surface area contributed by atoms with Gasteiger partial charge in [0.15, 0.2) is 0 Å². The van der Waals surface area contributed by atoms with Gasteiger partial charge in [0, 0.05) is 39.1 Å². The van der Waals surface area contributed by atoms with Crippen LogP contribution in [0.4, 0.5) is 11.6 Å². The van der Waals surface area contributed by atoms with Crippen LogP contribution in [0.5, 0.6) is 0 Å². The van der Waals surface area contributed by atoms with Crippen molar-refractivity contribution in [3.05, 3.63) is 48.8 Å². The summed E-state index contributed by atoms with van der Waals surface area (Å²) in [5.74, 6) is -0.580. The fraction of sp³-hybridized carbons (Fsp3) is 0.364. The highest BCUT2D eigenvalue weighted by Gasteiger charge is 1.98. The minimum Gasteiger partial charge on any atom is -0.481 e. The van der Waals surface area contributed by atoms with Gasteiger partial charge in [-0.2, -0.15) is 0 Å². The first-order valence-electron chi connectivity index (χ1n) is 10.0. The molecule has 32 heavy (non-hydrogen) atoms. The molecule has 0 atom stereocenters. The van der Waals surface area contributed by atoms with E-state index >= 15 is 0 Å². The molecule has 0 aliphatic heterocycles. The number of nitrogens with zero attached hydrogens (tertiary/aromatic N) is 2. The summed E-state index contributed by atoms with van der Waals surface area (Å²) in [6.45, 7) is 2.91. The van der Waals surface area contributed by atoms with Crippen molar-refractivity contribution >= 4 is 35.4 Å². The Kier molecular flexibility index (Phi) is 15.8. The van der Waals surface area contributed by atoms with E-state index in [0.29, 0.717) is 24.5 Å². The van der Waals surface area contributed by atoms with Crippen LogP contribution in [-0.4, -0.2) is 43.9 Å². The molecule has 2 rings (SSSR count). The standard InChI is InChI=1S/C8H14O4.2C7H8N2O/c9-7(10)5-3-1-2-4-6-8(11)12;2*1-6(10)9-7-4-2-3-5-8-7/h1-6H2,(H,9,10)(H,11,12);2*2-5H,1H3,(H,8,9,10). The SMILES string of the molecule is CC(=O)Nc1ccccn1.CC(=O)Nc1ccccn1.O=C(O)CCCCCCC(=O)O. The molecule has 0 radical (unpaired) electrons. The lowest BCUT2D eigenvalue weighted by Gasteiger charge is -1.96. The quantitative estimate of drug-likeness (QED) is 0.425. The average molecular weight is 447 g/mol. The Morgan fingerprint density at radius 1 is 0.688 bits per heavy atom. The third kappa shape index (κ3) is 19.5. The number of hydrogen-bond acceptors (Lipinski definition) is 6. The molecule has 2 aromatic rings. The number of nitrogens with one attached hydrogen (secondary N) is 2. The van der Waals surface area contributed by atoms with Gasteiger partial charge in [0.1, 0.15) is 11.6 Å². The summed E-state index contributed by atoms with van der Waals surface area (Å²) in [6.07, 6.45) is 6.54. The molecule has 0 aromatic carbocycles. The van der Waals surface area contributed by atoms with Crippen molar-refractivity contribution in [1.82, 2.24) is 9.97 Å². The number of carbonyl (C=O) groups is 4. The summed E-state index contributed by atoms with van der Waals surface area (Å²) in [6, 6.07) is 10.7. The van der Waals surface area contributed by atoms with Gasteiger partial charge in [-0.15, -0.1) is 0 Å². The molecule has 2 aromatic heterocycles. The second-order valence-corrected chi connectivity index (χ2v) is 6.49. The van der Waals surface area contributed by atoms with Crippen LogP contribution >= 0.6 is 0 Å². The predicted molar refractivity (Wildman–Crippen MR) is 120 cm³/mol. The molecule has 2 heterocycles. The minimum absolute atomic E-state index is 0.0984. The highest BCUT2D eigenvalue weighted by Crippen LogP contribution is 2.05. The summed E-state index contributed by atoms with van der Waals surface area (Å²) < 4.78 is 0. The molecule has 0 unspecified atom stereocenters. The lowest BCUT2D eigenvalue weighted by Crippen LogP contribution is -2.06. The summed E-state index contributed by atoms with van der Waals surface area (Å²) in [4.78, 5) is 48.8. The van der Waals surface area contributed by atoms with E-state index in [9.17, 15) is 19.2 Å². The summed E-state index contributed by atoms with van der Waals surface area (Å²) in [5.41, 5.74) is 0. The molecular formula is C22H30N4O6. The van der Waals surface area contributed by atoms with Gasteiger partial charge in [0.05, 0.1) is 0 Å². The fourth-order valence-electron chi connectivity index (χ4n) is 2.14. The minimum atomic E-state index is -0.784. The van der Waals surface area contributed by atoms with Gasteiger partial charge in [-0.25, -0.2) is 9.97 Å². The van der Waals surface area contributed by atoms with E-state index in [-0.39, 0.29) is 24.7 Å². The monoisotopic (exact) mass is 446 g/mol. The number of rotatable bonds is 9. The van der Waals surface area contributed by atoms with Gasteiger partial charge in [-0.3, -0.25) is 19.2 Å². The second-order valence-electron chi connectivity index (χ2n) is 6.49. The summed E-state index contributed by atoms with van der Waals surface area (Å²) in [7, 11) is 0. The molecule has 0 saturated heterocycles. The molecule has 10 heteroatoms. The molecule has 2 amide bonds. The Morgan fingerprint density at radius 2 is 1.06 bits per heavy atom. The molecule has 0 saturated carbocycles. The Morgan fingerprint density at radius 3 is 1.31 bits per heavy atom. The van der Waals surface area contributed by atoms with Crippen LogP contribution in [0.3, 0.4) is 0 Å². The molecule has 0 bridgehead atoms. The Balaban J connectivity index is 0.000000452. The highest BCUT2D eigenvalue weighted by molar-refractivity contribution is 5.87. The maximum absolute atomic E-state index is 10.5. The lowest BCUT2D eigenvalue weighted by atomic mass is 10.1. The zero-order valence-corrected chi connectivity index (χ0v) is 18.3. The van der Waals surface area contributed by atoms with E-state index in [1.54, 1.807) is 36.7 Å². The number of unbranched alkanes of at least 4 members (excludes halogenated alkanes) is 3. The van der Waals surface area contributed by atoms with Crippen LogP contribution in [0.2, 0.25) is 0 Å². The summed E-state index contributed by atoms with van der Waals surface area (Å²) >= 11 is 0. The van der Waals surface area contributed by atoms with E-state index in [1.165, 1.54) is 13.8 Å².